The average Bonchev–Trinajstić information content (AvgIpc) is 2.64. The lowest BCUT2D eigenvalue weighted by Crippen LogP contribution is -2.48. The van der Waals surface area contributed by atoms with Crippen molar-refractivity contribution in [2.75, 3.05) is 17.2 Å². The van der Waals surface area contributed by atoms with Gasteiger partial charge in [-0.3, -0.25) is 9.10 Å². The Morgan fingerprint density at radius 2 is 1.72 bits per heavy atom. The summed E-state index contributed by atoms with van der Waals surface area (Å²) in [4.78, 5) is 12.9. The fraction of sp³-hybridized carbons (Fsp3) is 0.409. The molecule has 0 aromatic heterocycles. The molecule has 29 heavy (non-hydrogen) atoms. The second kappa shape index (κ2) is 9.31. The third-order valence-corrected chi connectivity index (χ3v) is 5.97. The van der Waals surface area contributed by atoms with E-state index in [4.69, 9.17) is 4.74 Å². The molecule has 0 heterocycles. The van der Waals surface area contributed by atoms with Crippen LogP contribution in [0.15, 0.2) is 42.5 Å². The van der Waals surface area contributed by atoms with Crippen molar-refractivity contribution in [3.8, 4) is 5.75 Å². The third kappa shape index (κ3) is 5.73. The summed E-state index contributed by atoms with van der Waals surface area (Å²) >= 11 is 0. The fourth-order valence-corrected chi connectivity index (χ4v) is 4.40. The Kier molecular flexibility index (Phi) is 7.30. The predicted molar refractivity (Wildman–Crippen MR) is 117 cm³/mol. The van der Waals surface area contributed by atoms with E-state index in [2.05, 4.69) is 5.32 Å². The van der Waals surface area contributed by atoms with Crippen LogP contribution < -0.4 is 14.4 Å². The van der Waals surface area contributed by atoms with Crippen LogP contribution >= 0.6 is 0 Å². The highest BCUT2D eigenvalue weighted by Crippen LogP contribution is 2.27. The molecule has 2 aromatic carbocycles. The molecule has 158 valence electrons. The lowest BCUT2D eigenvalue weighted by Gasteiger charge is -2.30. The highest BCUT2D eigenvalue weighted by atomic mass is 32.2. The first-order valence-corrected chi connectivity index (χ1v) is 11.5. The van der Waals surface area contributed by atoms with Gasteiger partial charge in [-0.2, -0.15) is 0 Å². The second-order valence-electron chi connectivity index (χ2n) is 7.26. The van der Waals surface area contributed by atoms with Crippen molar-refractivity contribution < 1.29 is 17.9 Å². The second-order valence-corrected chi connectivity index (χ2v) is 9.12. The molecule has 0 radical (unpaired) electrons. The smallest absolute Gasteiger partial charge is 0.244 e. The molecule has 2 atom stereocenters. The number of rotatable bonds is 8. The lowest BCUT2D eigenvalue weighted by molar-refractivity contribution is -0.122. The van der Waals surface area contributed by atoms with Crippen LogP contribution in [0.25, 0.3) is 0 Å². The number of anilines is 1. The summed E-state index contributed by atoms with van der Waals surface area (Å²) in [5, 5.41) is 2.92. The fourth-order valence-electron chi connectivity index (χ4n) is 3.17. The van der Waals surface area contributed by atoms with E-state index < -0.39 is 16.1 Å². The van der Waals surface area contributed by atoms with E-state index in [1.54, 1.807) is 13.0 Å². The van der Waals surface area contributed by atoms with Gasteiger partial charge >= 0.3 is 0 Å². The number of aryl methyl sites for hydroxylation is 2. The number of amides is 1. The number of sulfonamides is 1. The number of benzene rings is 2. The van der Waals surface area contributed by atoms with E-state index in [0.717, 1.165) is 28.7 Å². The van der Waals surface area contributed by atoms with Gasteiger partial charge in [-0.05, 0) is 69.5 Å². The molecular formula is C22H30N2O4S. The number of hydrogen-bond acceptors (Lipinski definition) is 4. The van der Waals surface area contributed by atoms with Gasteiger partial charge < -0.3 is 10.1 Å². The van der Waals surface area contributed by atoms with E-state index in [9.17, 15) is 13.2 Å². The maximum absolute atomic E-state index is 12.9. The molecule has 2 rings (SSSR count). The van der Waals surface area contributed by atoms with Crippen LogP contribution in [0.2, 0.25) is 0 Å². The predicted octanol–water partition coefficient (Wildman–Crippen LogP) is 3.73. The van der Waals surface area contributed by atoms with E-state index in [-0.39, 0.29) is 11.9 Å². The van der Waals surface area contributed by atoms with Crippen LogP contribution in [0.4, 0.5) is 5.69 Å². The van der Waals surface area contributed by atoms with E-state index in [1.165, 1.54) is 4.31 Å². The topological polar surface area (TPSA) is 75.7 Å². The number of nitrogens with one attached hydrogen (secondary N) is 1. The SMILES string of the molecule is CCOc1ccc([C@@H](C)NC(=O)[C@H](C)N(c2cc(C)ccc2C)S(C)(=O)=O)cc1. The molecule has 0 aliphatic heterocycles. The van der Waals surface area contributed by atoms with Crippen LogP contribution in [0, 0.1) is 13.8 Å². The minimum Gasteiger partial charge on any atom is -0.494 e. The summed E-state index contributed by atoms with van der Waals surface area (Å²) < 4.78 is 31.7. The highest BCUT2D eigenvalue weighted by Gasteiger charge is 2.30. The van der Waals surface area contributed by atoms with Gasteiger partial charge in [0.1, 0.15) is 11.8 Å². The minimum atomic E-state index is -3.66. The van der Waals surface area contributed by atoms with Gasteiger partial charge in [-0.25, -0.2) is 8.42 Å². The van der Waals surface area contributed by atoms with Crippen LogP contribution in [-0.2, 0) is 14.8 Å². The van der Waals surface area contributed by atoms with Gasteiger partial charge in [-0.1, -0.05) is 24.3 Å². The van der Waals surface area contributed by atoms with Crippen LogP contribution in [-0.4, -0.2) is 33.2 Å². The highest BCUT2D eigenvalue weighted by molar-refractivity contribution is 7.92. The number of carbonyl (C=O) groups excluding carboxylic acids is 1. The van der Waals surface area contributed by atoms with Crippen molar-refractivity contribution in [3.63, 3.8) is 0 Å². The summed E-state index contributed by atoms with van der Waals surface area (Å²) in [5.41, 5.74) is 3.14. The van der Waals surface area contributed by atoms with E-state index >= 15 is 0 Å². The molecule has 0 unspecified atom stereocenters. The number of ether oxygens (including phenoxy) is 1. The Labute approximate surface area is 173 Å². The van der Waals surface area contributed by atoms with Crippen molar-refractivity contribution >= 4 is 21.6 Å². The van der Waals surface area contributed by atoms with Crippen LogP contribution in [0.3, 0.4) is 0 Å². The van der Waals surface area contributed by atoms with Crippen molar-refractivity contribution in [3.05, 3.63) is 59.2 Å². The van der Waals surface area contributed by atoms with Crippen molar-refractivity contribution in [2.45, 2.75) is 46.7 Å². The maximum atomic E-state index is 12.9. The lowest BCUT2D eigenvalue weighted by atomic mass is 10.1. The van der Waals surface area contributed by atoms with Gasteiger partial charge in [0, 0.05) is 0 Å². The number of carbonyl (C=O) groups is 1. The van der Waals surface area contributed by atoms with Gasteiger partial charge in [0.05, 0.1) is 24.6 Å². The van der Waals surface area contributed by atoms with Crippen LogP contribution in [0.1, 0.15) is 43.5 Å². The van der Waals surface area contributed by atoms with Gasteiger partial charge in [0.15, 0.2) is 0 Å². The first kappa shape index (κ1) is 22.7. The Bertz CT molecular complexity index is 955. The molecule has 0 bridgehead atoms. The molecule has 0 saturated carbocycles. The molecule has 0 saturated heterocycles. The summed E-state index contributed by atoms with van der Waals surface area (Å²) in [6.07, 6.45) is 1.12. The third-order valence-electron chi connectivity index (χ3n) is 4.74. The van der Waals surface area contributed by atoms with Crippen molar-refractivity contribution in [2.24, 2.45) is 0 Å². The molecule has 0 aliphatic carbocycles. The first-order valence-electron chi connectivity index (χ1n) is 9.64. The number of nitrogens with zero attached hydrogens (tertiary/aromatic N) is 1. The summed E-state index contributed by atoms with van der Waals surface area (Å²) in [7, 11) is -3.66. The quantitative estimate of drug-likeness (QED) is 0.709. The summed E-state index contributed by atoms with van der Waals surface area (Å²) in [6.45, 7) is 9.69. The van der Waals surface area contributed by atoms with E-state index in [0.29, 0.717) is 12.3 Å². The molecule has 1 amide bonds. The molecule has 0 aliphatic rings. The molecule has 0 spiro atoms. The van der Waals surface area contributed by atoms with Crippen molar-refractivity contribution in [1.29, 1.82) is 0 Å². The van der Waals surface area contributed by atoms with Crippen molar-refractivity contribution in [1.82, 2.24) is 5.32 Å². The Morgan fingerprint density at radius 1 is 1.10 bits per heavy atom. The zero-order valence-electron chi connectivity index (χ0n) is 17.9. The standard InChI is InChI=1S/C22H30N2O4S/c1-7-28-20-12-10-19(11-13-20)17(4)23-22(25)18(5)24(29(6,26)27)21-14-15(2)8-9-16(21)3/h8-14,17-18H,7H2,1-6H3,(H,23,25)/t17-,18+/m1/s1. The van der Waals surface area contributed by atoms with Gasteiger partial charge in [0.2, 0.25) is 15.9 Å². The Balaban J connectivity index is 2.24. The monoisotopic (exact) mass is 418 g/mol. The Hall–Kier alpha value is -2.54. The summed E-state index contributed by atoms with van der Waals surface area (Å²) in [6, 6.07) is 11.9. The zero-order chi connectivity index (χ0) is 21.8. The molecule has 1 N–H and O–H groups in total. The maximum Gasteiger partial charge on any atom is 0.244 e. The molecular weight excluding hydrogens is 388 g/mol. The molecule has 7 heteroatoms. The number of hydrogen-bond donors (Lipinski definition) is 1. The average molecular weight is 419 g/mol. The molecule has 6 nitrogen and oxygen atoms in total. The largest absolute Gasteiger partial charge is 0.494 e. The Morgan fingerprint density at radius 3 is 2.28 bits per heavy atom. The van der Waals surface area contributed by atoms with Gasteiger partial charge in [0.25, 0.3) is 0 Å². The normalized spacial score (nSPS) is 13.4. The first-order chi connectivity index (χ1) is 13.5. The zero-order valence-corrected chi connectivity index (χ0v) is 18.7. The summed E-state index contributed by atoms with van der Waals surface area (Å²) in [5.74, 6) is 0.402. The van der Waals surface area contributed by atoms with Crippen LogP contribution in [0.5, 0.6) is 5.75 Å². The molecule has 2 aromatic rings. The van der Waals surface area contributed by atoms with E-state index in [1.807, 2.05) is 64.1 Å². The van der Waals surface area contributed by atoms with Gasteiger partial charge in [-0.15, -0.1) is 0 Å². The molecule has 0 fully saturated rings. The minimum absolute atomic E-state index is 0.277.